The molecule has 2 fully saturated rings. The van der Waals surface area contributed by atoms with Gasteiger partial charge in [0.05, 0.1) is 4.90 Å². The summed E-state index contributed by atoms with van der Waals surface area (Å²) >= 11 is 0. The molecule has 0 amide bonds. The zero-order valence-electron chi connectivity index (χ0n) is 22.0. The summed E-state index contributed by atoms with van der Waals surface area (Å²) in [5.41, 5.74) is 2.53. The Bertz CT molecular complexity index is 1240. The molecule has 5 rings (SSSR count). The summed E-state index contributed by atoms with van der Waals surface area (Å²) in [6.45, 7) is 3.24. The topological polar surface area (TPSA) is 49.4 Å². The van der Waals surface area contributed by atoms with E-state index in [1.807, 2.05) is 24.3 Å². The van der Waals surface area contributed by atoms with Crippen LogP contribution in [0.5, 0.6) is 0 Å². The molecule has 0 bridgehead atoms. The van der Waals surface area contributed by atoms with Gasteiger partial charge in [0.2, 0.25) is 10.0 Å². The van der Waals surface area contributed by atoms with Gasteiger partial charge in [-0.05, 0) is 105 Å². The fourth-order valence-electron chi connectivity index (χ4n) is 6.45. The van der Waals surface area contributed by atoms with Crippen molar-refractivity contribution in [3.8, 4) is 0 Å². The maximum Gasteiger partial charge on any atom is 0.240 e. The van der Waals surface area contributed by atoms with Crippen LogP contribution < -0.4 is 4.72 Å². The van der Waals surface area contributed by atoms with Gasteiger partial charge in [-0.2, -0.15) is 0 Å². The van der Waals surface area contributed by atoms with E-state index in [1.165, 1.54) is 30.4 Å². The molecule has 3 unspecified atom stereocenters. The smallest absolute Gasteiger partial charge is 0.240 e. The normalized spacial score (nSPS) is 23.0. The Labute approximate surface area is 227 Å². The zero-order valence-corrected chi connectivity index (χ0v) is 22.8. The van der Waals surface area contributed by atoms with Crippen molar-refractivity contribution in [3.63, 3.8) is 0 Å². The third-order valence-electron chi connectivity index (χ3n) is 8.49. The number of piperidine rings is 1. The monoisotopic (exact) mass is 534 g/mol. The Kier molecular flexibility index (Phi) is 8.93. The molecule has 0 spiro atoms. The maximum atomic E-state index is 13.1. The van der Waals surface area contributed by atoms with Crippen LogP contribution in [0.25, 0.3) is 0 Å². The average molecular weight is 535 g/mol. The summed E-state index contributed by atoms with van der Waals surface area (Å²) in [5.74, 6) is 1.37. The van der Waals surface area contributed by atoms with Crippen molar-refractivity contribution >= 4 is 10.0 Å². The average Bonchev–Trinajstić information content (AvgIpc) is 3.33. The van der Waals surface area contributed by atoms with Crippen LogP contribution in [0.3, 0.4) is 0 Å². The predicted octanol–water partition coefficient (Wildman–Crippen LogP) is 6.40. The largest absolute Gasteiger partial charge is 0.303 e. The minimum atomic E-state index is -3.53. The summed E-state index contributed by atoms with van der Waals surface area (Å²) in [4.78, 5) is 2.94. The first kappa shape index (κ1) is 27.0. The van der Waals surface area contributed by atoms with Crippen molar-refractivity contribution in [1.82, 2.24) is 9.62 Å². The lowest BCUT2D eigenvalue weighted by atomic mass is 9.87. The SMILES string of the molecule is O=S(=O)(NC1CC(CN2CCC(CCCc3ccc(F)cc3)CC2)C(c2ccccc2)C1)c1ccccc1. The Morgan fingerprint density at radius 1 is 0.842 bits per heavy atom. The third-order valence-corrected chi connectivity index (χ3v) is 10.0. The number of sulfonamides is 1. The van der Waals surface area contributed by atoms with Crippen molar-refractivity contribution in [2.75, 3.05) is 19.6 Å². The van der Waals surface area contributed by atoms with Gasteiger partial charge < -0.3 is 4.90 Å². The summed E-state index contributed by atoms with van der Waals surface area (Å²) < 4.78 is 42.2. The molecular weight excluding hydrogens is 495 g/mol. The first-order chi connectivity index (χ1) is 18.5. The van der Waals surface area contributed by atoms with E-state index in [1.54, 1.807) is 36.4 Å². The highest BCUT2D eigenvalue weighted by Gasteiger charge is 2.38. The molecule has 1 saturated heterocycles. The Morgan fingerprint density at radius 3 is 2.18 bits per heavy atom. The number of rotatable bonds is 10. The van der Waals surface area contributed by atoms with Crippen molar-refractivity contribution in [2.24, 2.45) is 11.8 Å². The standard InChI is InChI=1S/C32H39FN2O2S/c33-29-16-14-25(15-17-29)8-7-9-26-18-20-35(21-19-26)24-28-22-30(23-32(28)27-10-3-1-4-11-27)34-38(36,37)31-12-5-2-6-13-31/h1-6,10-17,26,28,30,32,34H,7-9,18-24H2. The van der Waals surface area contributed by atoms with Crippen molar-refractivity contribution in [1.29, 1.82) is 0 Å². The van der Waals surface area contributed by atoms with E-state index < -0.39 is 10.0 Å². The summed E-state index contributed by atoms with van der Waals surface area (Å²) in [5, 5.41) is 0. The van der Waals surface area contributed by atoms with E-state index in [-0.39, 0.29) is 11.9 Å². The maximum absolute atomic E-state index is 13.1. The fraction of sp³-hybridized carbons (Fsp3) is 0.438. The number of halogens is 1. The van der Waals surface area contributed by atoms with Gasteiger partial charge in [-0.3, -0.25) is 0 Å². The van der Waals surface area contributed by atoms with Crippen LogP contribution in [0, 0.1) is 17.7 Å². The lowest BCUT2D eigenvalue weighted by molar-refractivity contribution is 0.151. The molecule has 3 aromatic rings. The zero-order chi connectivity index (χ0) is 26.4. The number of hydrogen-bond donors (Lipinski definition) is 1. The van der Waals surface area contributed by atoms with Crippen LogP contribution in [0.4, 0.5) is 4.39 Å². The molecule has 1 heterocycles. The second-order valence-corrected chi connectivity index (χ2v) is 12.9. The molecular formula is C32H39FN2O2S. The Balaban J connectivity index is 1.15. The minimum absolute atomic E-state index is 0.0561. The molecule has 38 heavy (non-hydrogen) atoms. The summed E-state index contributed by atoms with van der Waals surface area (Å²) in [7, 11) is -3.53. The van der Waals surface area contributed by atoms with Crippen LogP contribution in [0.2, 0.25) is 0 Å². The number of likely N-dealkylation sites (tertiary alicyclic amines) is 1. The lowest BCUT2D eigenvalue weighted by Crippen LogP contribution is -2.38. The van der Waals surface area contributed by atoms with E-state index >= 15 is 0 Å². The van der Waals surface area contributed by atoms with Gasteiger partial charge in [-0.1, -0.05) is 67.1 Å². The van der Waals surface area contributed by atoms with E-state index in [0.717, 1.165) is 51.2 Å². The van der Waals surface area contributed by atoms with Gasteiger partial charge in [-0.15, -0.1) is 0 Å². The van der Waals surface area contributed by atoms with Crippen LogP contribution in [-0.2, 0) is 16.4 Å². The molecule has 202 valence electrons. The molecule has 3 aromatic carbocycles. The van der Waals surface area contributed by atoms with Crippen molar-refractivity contribution < 1.29 is 12.8 Å². The molecule has 4 nitrogen and oxygen atoms in total. The molecule has 6 heteroatoms. The van der Waals surface area contributed by atoms with Gasteiger partial charge in [-0.25, -0.2) is 17.5 Å². The first-order valence-corrected chi connectivity index (χ1v) is 15.5. The summed E-state index contributed by atoms with van der Waals surface area (Å²) in [6.07, 6.45) is 7.53. The number of nitrogens with zero attached hydrogens (tertiary/aromatic N) is 1. The molecule has 0 aromatic heterocycles. The molecule has 1 aliphatic carbocycles. The summed E-state index contributed by atoms with van der Waals surface area (Å²) in [6, 6.07) is 26.2. The molecule has 1 aliphatic heterocycles. The highest BCUT2D eigenvalue weighted by molar-refractivity contribution is 7.89. The molecule has 1 saturated carbocycles. The first-order valence-electron chi connectivity index (χ1n) is 14.1. The molecule has 1 N–H and O–H groups in total. The Hall–Kier alpha value is -2.54. The van der Waals surface area contributed by atoms with Crippen molar-refractivity contribution in [3.05, 3.63) is 102 Å². The Morgan fingerprint density at radius 2 is 1.50 bits per heavy atom. The highest BCUT2D eigenvalue weighted by atomic mass is 32.2. The van der Waals surface area contributed by atoms with E-state index in [4.69, 9.17) is 0 Å². The molecule has 0 radical (unpaired) electrons. The number of nitrogens with one attached hydrogen (secondary N) is 1. The van der Waals surface area contributed by atoms with E-state index in [2.05, 4.69) is 33.9 Å². The lowest BCUT2D eigenvalue weighted by Gasteiger charge is -2.35. The third kappa shape index (κ3) is 7.10. The van der Waals surface area contributed by atoms with Gasteiger partial charge in [0.25, 0.3) is 0 Å². The molecule has 2 aliphatic rings. The predicted molar refractivity (Wildman–Crippen MR) is 151 cm³/mol. The van der Waals surface area contributed by atoms with Crippen molar-refractivity contribution in [2.45, 2.75) is 61.8 Å². The van der Waals surface area contributed by atoms with Crippen LogP contribution in [0.15, 0.2) is 89.8 Å². The second kappa shape index (κ2) is 12.5. The quantitative estimate of drug-likeness (QED) is 0.327. The van der Waals surface area contributed by atoms with Gasteiger partial charge in [0.15, 0.2) is 0 Å². The van der Waals surface area contributed by atoms with Gasteiger partial charge in [0.1, 0.15) is 5.82 Å². The van der Waals surface area contributed by atoms with Crippen LogP contribution in [-0.4, -0.2) is 39.0 Å². The number of aryl methyl sites for hydroxylation is 1. The fourth-order valence-corrected chi connectivity index (χ4v) is 7.74. The second-order valence-electron chi connectivity index (χ2n) is 11.1. The highest BCUT2D eigenvalue weighted by Crippen LogP contribution is 2.41. The number of benzene rings is 3. The van der Waals surface area contributed by atoms with E-state index in [0.29, 0.717) is 16.7 Å². The minimum Gasteiger partial charge on any atom is -0.303 e. The number of hydrogen-bond acceptors (Lipinski definition) is 3. The van der Waals surface area contributed by atoms with Gasteiger partial charge in [0, 0.05) is 12.6 Å². The van der Waals surface area contributed by atoms with Gasteiger partial charge >= 0.3 is 0 Å². The van der Waals surface area contributed by atoms with E-state index in [9.17, 15) is 12.8 Å². The van der Waals surface area contributed by atoms with Crippen LogP contribution >= 0.6 is 0 Å². The molecule has 3 atom stereocenters. The van der Waals surface area contributed by atoms with Crippen LogP contribution in [0.1, 0.15) is 55.6 Å².